The van der Waals surface area contributed by atoms with Crippen LogP contribution in [-0.2, 0) is 4.74 Å². The first-order valence-corrected chi connectivity index (χ1v) is 9.98. The van der Waals surface area contributed by atoms with Gasteiger partial charge in [-0.1, -0.05) is 5.92 Å². The second-order valence-electron chi connectivity index (χ2n) is 6.92. The molecule has 1 rings (SSSR count). The number of aliphatic hydroxyl groups excluding tert-OH is 1. The molecule has 1 aliphatic rings. The third kappa shape index (κ3) is 10.4. The molecule has 0 aromatic rings. The van der Waals surface area contributed by atoms with Crippen LogP contribution in [0.25, 0.3) is 0 Å². The Morgan fingerprint density at radius 3 is 2.44 bits per heavy atom. The molecule has 0 heterocycles. The summed E-state index contributed by atoms with van der Waals surface area (Å²) in [6, 6.07) is 0. The van der Waals surface area contributed by atoms with Gasteiger partial charge in [-0.3, -0.25) is 0 Å². The van der Waals surface area contributed by atoms with Gasteiger partial charge in [-0.25, -0.2) is 4.79 Å². The third-order valence-electron chi connectivity index (χ3n) is 4.66. The van der Waals surface area contributed by atoms with Crippen molar-refractivity contribution in [2.45, 2.75) is 57.7 Å². The summed E-state index contributed by atoms with van der Waals surface area (Å²) < 4.78 is 5.37. The van der Waals surface area contributed by atoms with Crippen LogP contribution in [-0.4, -0.2) is 62.7 Å². The summed E-state index contributed by atoms with van der Waals surface area (Å²) in [6.07, 6.45) is 9.01. The Morgan fingerprint density at radius 2 is 1.81 bits per heavy atom. The highest BCUT2D eigenvalue weighted by Gasteiger charge is 2.27. The lowest BCUT2D eigenvalue weighted by Gasteiger charge is -2.27. The highest BCUT2D eigenvalue weighted by atomic mass is 16.6. The van der Waals surface area contributed by atoms with E-state index >= 15 is 0 Å². The predicted molar refractivity (Wildman–Crippen MR) is 108 cm³/mol. The fourth-order valence-corrected chi connectivity index (χ4v) is 2.94. The monoisotopic (exact) mass is 380 g/mol. The Kier molecular flexibility index (Phi) is 12.6. The van der Waals surface area contributed by atoms with E-state index in [-0.39, 0.29) is 6.10 Å². The summed E-state index contributed by atoms with van der Waals surface area (Å²) >= 11 is 0. The first-order chi connectivity index (χ1) is 13.1. The summed E-state index contributed by atoms with van der Waals surface area (Å²) in [4.78, 5) is 11.9. The zero-order chi connectivity index (χ0) is 19.9. The normalized spacial score (nSPS) is 19.6. The van der Waals surface area contributed by atoms with Crippen LogP contribution in [0.3, 0.4) is 0 Å². The molecular weight excluding hydrogens is 344 g/mol. The number of carbonyl (C=O) groups excluding carboxylic acids is 1. The van der Waals surface area contributed by atoms with Crippen LogP contribution >= 0.6 is 0 Å². The molecule has 0 aromatic heterocycles. The second kappa shape index (κ2) is 14.5. The van der Waals surface area contributed by atoms with E-state index in [9.17, 15) is 9.90 Å². The number of hydrogen-bond donors (Lipinski definition) is 5. The van der Waals surface area contributed by atoms with E-state index < -0.39 is 12.2 Å². The van der Waals surface area contributed by atoms with Crippen molar-refractivity contribution in [1.82, 2.24) is 16.0 Å². The summed E-state index contributed by atoms with van der Waals surface area (Å²) in [5.41, 5.74) is 6.96. The third-order valence-corrected chi connectivity index (χ3v) is 4.66. The van der Waals surface area contributed by atoms with Gasteiger partial charge in [0.1, 0.15) is 6.10 Å². The molecule has 154 valence electrons. The van der Waals surface area contributed by atoms with Gasteiger partial charge in [0, 0.05) is 25.0 Å². The molecule has 0 radical (unpaired) electrons. The van der Waals surface area contributed by atoms with E-state index in [0.29, 0.717) is 19.4 Å². The number of alkyl carbamates (subject to hydrolysis) is 1. The van der Waals surface area contributed by atoms with Crippen molar-refractivity contribution < 1.29 is 14.6 Å². The van der Waals surface area contributed by atoms with Crippen molar-refractivity contribution in [3.63, 3.8) is 0 Å². The molecule has 0 aromatic carbocycles. The van der Waals surface area contributed by atoms with Crippen molar-refractivity contribution >= 4 is 6.09 Å². The molecule has 0 aliphatic heterocycles. The molecule has 7 heteroatoms. The number of nitrogens with two attached hydrogens (primary N) is 1. The van der Waals surface area contributed by atoms with E-state index in [1.165, 1.54) is 0 Å². The molecule has 0 unspecified atom stereocenters. The van der Waals surface area contributed by atoms with E-state index in [4.69, 9.17) is 16.9 Å². The van der Waals surface area contributed by atoms with Crippen molar-refractivity contribution in [3.05, 3.63) is 11.1 Å². The van der Waals surface area contributed by atoms with Crippen LogP contribution in [0, 0.1) is 12.3 Å². The van der Waals surface area contributed by atoms with Gasteiger partial charge < -0.3 is 31.5 Å². The minimum Gasteiger partial charge on any atom is -0.446 e. The number of carbonyl (C=O) groups is 1. The minimum absolute atomic E-state index is 0.369. The number of unbranched alkanes of at least 4 members (excludes halogenated alkanes) is 1. The fourth-order valence-electron chi connectivity index (χ4n) is 2.94. The molecule has 0 bridgehead atoms. The zero-order valence-electron chi connectivity index (χ0n) is 16.6. The molecule has 0 saturated carbocycles. The Balaban J connectivity index is 1.98. The van der Waals surface area contributed by atoms with Gasteiger partial charge >= 0.3 is 6.09 Å². The van der Waals surface area contributed by atoms with Crippen LogP contribution in [0.5, 0.6) is 0 Å². The van der Waals surface area contributed by atoms with E-state index in [1.807, 2.05) is 6.92 Å². The number of aliphatic hydroxyl groups is 1. The summed E-state index contributed by atoms with van der Waals surface area (Å²) in [5, 5.41) is 19.4. The van der Waals surface area contributed by atoms with Gasteiger partial charge in [0.25, 0.3) is 0 Å². The standard InChI is InChI=1S/C20H36N4O3/c1-3-17-14-18(15-19(25)16(17)2)27-20(26)24-13-7-12-23-10-5-4-9-22-11-6-8-21/h1,18-19,22-23,25H,4-15,21H2,2H3,(H,24,26)/t18-,19-/m0/s1. The number of hydrogen-bond acceptors (Lipinski definition) is 6. The molecule has 0 fully saturated rings. The number of ether oxygens (including phenoxy) is 1. The van der Waals surface area contributed by atoms with Gasteiger partial charge in [-0.2, -0.15) is 0 Å². The van der Waals surface area contributed by atoms with Crippen LogP contribution in [0.2, 0.25) is 0 Å². The highest BCUT2D eigenvalue weighted by molar-refractivity contribution is 5.67. The molecule has 2 atom stereocenters. The van der Waals surface area contributed by atoms with Gasteiger partial charge in [0.05, 0.1) is 6.10 Å². The molecular formula is C20H36N4O3. The van der Waals surface area contributed by atoms with Gasteiger partial charge in [-0.05, 0) is 70.9 Å². The quantitative estimate of drug-likeness (QED) is 0.240. The number of terminal acetylenes is 1. The van der Waals surface area contributed by atoms with Crippen molar-refractivity contribution in [1.29, 1.82) is 0 Å². The van der Waals surface area contributed by atoms with Crippen LogP contribution in [0.4, 0.5) is 4.79 Å². The highest BCUT2D eigenvalue weighted by Crippen LogP contribution is 2.26. The second-order valence-corrected chi connectivity index (χ2v) is 6.92. The average Bonchev–Trinajstić information content (AvgIpc) is 2.65. The van der Waals surface area contributed by atoms with E-state index in [0.717, 1.165) is 69.6 Å². The average molecular weight is 381 g/mol. The van der Waals surface area contributed by atoms with Crippen molar-refractivity contribution in [3.8, 4) is 12.3 Å². The maximum atomic E-state index is 11.9. The molecule has 27 heavy (non-hydrogen) atoms. The smallest absolute Gasteiger partial charge is 0.407 e. The Hall–Kier alpha value is -1.59. The van der Waals surface area contributed by atoms with Crippen LogP contribution in [0.1, 0.15) is 45.4 Å². The van der Waals surface area contributed by atoms with Gasteiger partial charge in [0.15, 0.2) is 0 Å². The van der Waals surface area contributed by atoms with E-state index in [2.05, 4.69) is 21.9 Å². The first kappa shape index (κ1) is 23.4. The summed E-state index contributed by atoms with van der Waals surface area (Å²) in [7, 11) is 0. The number of nitrogens with one attached hydrogen (secondary N) is 3. The topological polar surface area (TPSA) is 109 Å². The SMILES string of the molecule is C#CC1=C(C)[C@@H](O)C[C@@H](OC(=O)NCCCNCCCCNCCCN)C1. The minimum atomic E-state index is -0.636. The predicted octanol–water partition coefficient (Wildman–Crippen LogP) is 0.884. The molecule has 1 amide bonds. The maximum absolute atomic E-state index is 11.9. The van der Waals surface area contributed by atoms with E-state index in [1.54, 1.807) is 0 Å². The van der Waals surface area contributed by atoms with Crippen molar-refractivity contribution in [2.24, 2.45) is 5.73 Å². The van der Waals surface area contributed by atoms with Crippen molar-refractivity contribution in [2.75, 3.05) is 39.3 Å². The number of rotatable bonds is 13. The molecule has 6 N–H and O–H groups in total. The van der Waals surface area contributed by atoms with Gasteiger partial charge in [0.2, 0.25) is 0 Å². The Labute approximate surface area is 163 Å². The Bertz CT molecular complexity index is 502. The summed E-state index contributed by atoms with van der Waals surface area (Å²) in [6.45, 7) is 6.96. The molecule has 7 nitrogen and oxygen atoms in total. The van der Waals surface area contributed by atoms with Gasteiger partial charge in [-0.15, -0.1) is 6.42 Å². The molecule has 1 aliphatic carbocycles. The Morgan fingerprint density at radius 1 is 1.19 bits per heavy atom. The number of amides is 1. The fraction of sp³-hybridized carbons (Fsp3) is 0.750. The lowest BCUT2D eigenvalue weighted by molar-refractivity contribution is 0.0572. The zero-order valence-corrected chi connectivity index (χ0v) is 16.6. The lowest BCUT2D eigenvalue weighted by Crippen LogP contribution is -2.35. The molecule has 0 saturated heterocycles. The molecule has 0 spiro atoms. The maximum Gasteiger partial charge on any atom is 0.407 e. The summed E-state index contributed by atoms with van der Waals surface area (Å²) in [5.74, 6) is 2.57. The largest absolute Gasteiger partial charge is 0.446 e. The lowest BCUT2D eigenvalue weighted by atomic mass is 9.89. The first-order valence-electron chi connectivity index (χ1n) is 9.98. The van der Waals surface area contributed by atoms with Crippen LogP contribution < -0.4 is 21.7 Å². The van der Waals surface area contributed by atoms with Crippen LogP contribution in [0.15, 0.2) is 11.1 Å².